The predicted octanol–water partition coefficient (Wildman–Crippen LogP) is 1.12. The number of piperidine rings is 1. The first kappa shape index (κ1) is 8.56. The molecule has 2 N–H and O–H groups in total. The number of nitrogens with two attached hydrogens (primary N) is 1. The lowest BCUT2D eigenvalue weighted by Crippen LogP contribution is -2.29. The Labute approximate surface area is 77.7 Å². The molecule has 4 heteroatoms. The first-order valence-corrected chi connectivity index (χ1v) is 4.81. The van der Waals surface area contributed by atoms with Crippen LogP contribution in [0.5, 0.6) is 0 Å². The molecule has 4 nitrogen and oxygen atoms in total. The van der Waals surface area contributed by atoms with Gasteiger partial charge < -0.3 is 15.2 Å². The molecule has 0 aliphatic carbocycles. The topological polar surface area (TPSA) is 55.3 Å². The molecular weight excluding hydrogens is 166 g/mol. The van der Waals surface area contributed by atoms with Gasteiger partial charge in [-0.2, -0.15) is 0 Å². The van der Waals surface area contributed by atoms with Crippen LogP contribution in [0.4, 0.5) is 5.82 Å². The van der Waals surface area contributed by atoms with Crippen LogP contribution >= 0.6 is 0 Å². The number of hydrogen-bond acceptors (Lipinski definition) is 4. The fourth-order valence-electron chi connectivity index (χ4n) is 1.67. The third-order valence-electron chi connectivity index (χ3n) is 2.43. The zero-order valence-electron chi connectivity index (χ0n) is 7.70. The zero-order valence-corrected chi connectivity index (χ0v) is 7.70. The van der Waals surface area contributed by atoms with Crippen molar-refractivity contribution in [2.45, 2.75) is 25.8 Å². The van der Waals surface area contributed by atoms with Crippen LogP contribution in [-0.2, 0) is 6.54 Å². The second kappa shape index (κ2) is 3.79. The molecule has 2 heterocycles. The van der Waals surface area contributed by atoms with Crippen molar-refractivity contribution in [3.63, 3.8) is 0 Å². The monoisotopic (exact) mass is 181 g/mol. The number of anilines is 1. The van der Waals surface area contributed by atoms with Gasteiger partial charge in [0.2, 0.25) is 0 Å². The Bertz CT molecular complexity index is 266. The third kappa shape index (κ3) is 1.83. The molecule has 13 heavy (non-hydrogen) atoms. The molecular formula is C9H15N3O. The molecule has 0 spiro atoms. The Morgan fingerprint density at radius 2 is 2.15 bits per heavy atom. The van der Waals surface area contributed by atoms with Crippen molar-refractivity contribution in [2.24, 2.45) is 5.73 Å². The van der Waals surface area contributed by atoms with Crippen LogP contribution in [-0.4, -0.2) is 18.2 Å². The number of aromatic nitrogens is 1. The first-order valence-electron chi connectivity index (χ1n) is 4.81. The molecule has 1 fully saturated rings. The van der Waals surface area contributed by atoms with Gasteiger partial charge in [-0.3, -0.25) is 0 Å². The normalized spacial score (nSPS) is 17.8. The first-order chi connectivity index (χ1) is 6.40. The highest BCUT2D eigenvalue weighted by atomic mass is 16.5. The number of hydrogen-bond donors (Lipinski definition) is 1. The molecule has 0 atom stereocenters. The fraction of sp³-hybridized carbons (Fsp3) is 0.667. The molecule has 1 aromatic rings. The maximum atomic E-state index is 5.44. The number of nitrogens with zero attached hydrogens (tertiary/aromatic N) is 2. The predicted molar refractivity (Wildman–Crippen MR) is 50.5 cm³/mol. The standard InChI is InChI=1S/C9H15N3O/c10-7-8-6-9(11-13-8)12-4-2-1-3-5-12/h6H,1-5,7,10H2. The SMILES string of the molecule is NCc1cc(N2CCCCC2)no1. The van der Waals surface area contributed by atoms with Gasteiger partial charge >= 0.3 is 0 Å². The average Bonchev–Trinajstić information content (AvgIpc) is 2.67. The van der Waals surface area contributed by atoms with Crippen LogP contribution in [0.15, 0.2) is 10.6 Å². The summed E-state index contributed by atoms with van der Waals surface area (Å²) < 4.78 is 5.05. The van der Waals surface area contributed by atoms with E-state index in [0.29, 0.717) is 6.54 Å². The van der Waals surface area contributed by atoms with Crippen molar-refractivity contribution < 1.29 is 4.52 Å². The van der Waals surface area contributed by atoms with E-state index in [1.807, 2.05) is 6.07 Å². The van der Waals surface area contributed by atoms with Crippen LogP contribution in [0, 0.1) is 0 Å². The van der Waals surface area contributed by atoms with Crippen molar-refractivity contribution in [1.29, 1.82) is 0 Å². The molecule has 1 aromatic heterocycles. The van der Waals surface area contributed by atoms with Crippen LogP contribution in [0.25, 0.3) is 0 Å². The minimum absolute atomic E-state index is 0.431. The lowest BCUT2D eigenvalue weighted by atomic mass is 10.1. The Balaban J connectivity index is 2.05. The quantitative estimate of drug-likeness (QED) is 0.743. The van der Waals surface area contributed by atoms with E-state index in [4.69, 9.17) is 10.3 Å². The van der Waals surface area contributed by atoms with Crippen LogP contribution < -0.4 is 10.6 Å². The van der Waals surface area contributed by atoms with E-state index in [1.54, 1.807) is 0 Å². The summed E-state index contributed by atoms with van der Waals surface area (Å²) in [6.45, 7) is 2.62. The van der Waals surface area contributed by atoms with Gasteiger partial charge in [-0.15, -0.1) is 0 Å². The van der Waals surface area contributed by atoms with Gasteiger partial charge in [0, 0.05) is 19.2 Å². The summed E-state index contributed by atoms with van der Waals surface area (Å²) in [5, 5.41) is 3.98. The summed E-state index contributed by atoms with van der Waals surface area (Å²) >= 11 is 0. The van der Waals surface area contributed by atoms with Gasteiger partial charge in [-0.25, -0.2) is 0 Å². The molecule has 1 aliphatic heterocycles. The molecule has 72 valence electrons. The average molecular weight is 181 g/mol. The fourth-order valence-corrected chi connectivity index (χ4v) is 1.67. The summed E-state index contributed by atoms with van der Waals surface area (Å²) in [6.07, 6.45) is 3.84. The van der Waals surface area contributed by atoms with Gasteiger partial charge in [-0.1, -0.05) is 5.16 Å². The molecule has 0 unspecified atom stereocenters. The highest BCUT2D eigenvalue weighted by Gasteiger charge is 2.14. The van der Waals surface area contributed by atoms with Crippen LogP contribution in [0.3, 0.4) is 0 Å². The Kier molecular flexibility index (Phi) is 2.49. The molecule has 0 saturated carbocycles. The third-order valence-corrected chi connectivity index (χ3v) is 2.43. The summed E-state index contributed by atoms with van der Waals surface area (Å²) in [4.78, 5) is 2.26. The molecule has 1 aliphatic rings. The molecule has 0 bridgehead atoms. The summed E-state index contributed by atoms with van der Waals surface area (Å²) in [5.41, 5.74) is 5.44. The Morgan fingerprint density at radius 1 is 1.38 bits per heavy atom. The molecule has 0 amide bonds. The van der Waals surface area contributed by atoms with Gasteiger partial charge in [-0.05, 0) is 19.3 Å². The minimum Gasteiger partial charge on any atom is -0.358 e. The molecule has 2 rings (SSSR count). The lowest BCUT2D eigenvalue weighted by molar-refractivity contribution is 0.383. The van der Waals surface area contributed by atoms with E-state index in [-0.39, 0.29) is 0 Å². The van der Waals surface area contributed by atoms with Gasteiger partial charge in [0.1, 0.15) is 0 Å². The van der Waals surface area contributed by atoms with E-state index in [0.717, 1.165) is 24.7 Å². The van der Waals surface area contributed by atoms with Gasteiger partial charge in [0.25, 0.3) is 0 Å². The van der Waals surface area contributed by atoms with E-state index >= 15 is 0 Å². The highest BCUT2D eigenvalue weighted by Crippen LogP contribution is 2.18. The maximum absolute atomic E-state index is 5.44. The van der Waals surface area contributed by atoms with Crippen molar-refractivity contribution in [3.05, 3.63) is 11.8 Å². The molecule has 1 saturated heterocycles. The van der Waals surface area contributed by atoms with Crippen molar-refractivity contribution in [1.82, 2.24) is 5.16 Å². The smallest absolute Gasteiger partial charge is 0.172 e. The molecule has 0 radical (unpaired) electrons. The Morgan fingerprint density at radius 3 is 2.77 bits per heavy atom. The van der Waals surface area contributed by atoms with Gasteiger partial charge in [0.15, 0.2) is 11.6 Å². The highest BCUT2D eigenvalue weighted by molar-refractivity contribution is 5.38. The van der Waals surface area contributed by atoms with E-state index in [2.05, 4.69) is 10.1 Å². The largest absolute Gasteiger partial charge is 0.358 e. The van der Waals surface area contributed by atoms with Crippen molar-refractivity contribution >= 4 is 5.82 Å². The van der Waals surface area contributed by atoms with Crippen LogP contribution in [0.1, 0.15) is 25.0 Å². The summed E-state index contributed by atoms with van der Waals surface area (Å²) in [6, 6.07) is 1.94. The minimum atomic E-state index is 0.431. The summed E-state index contributed by atoms with van der Waals surface area (Å²) in [5.74, 6) is 1.71. The second-order valence-corrected chi connectivity index (χ2v) is 3.40. The zero-order chi connectivity index (χ0) is 9.10. The van der Waals surface area contributed by atoms with E-state index < -0.39 is 0 Å². The van der Waals surface area contributed by atoms with Gasteiger partial charge in [0.05, 0.1) is 6.54 Å². The lowest BCUT2D eigenvalue weighted by Gasteiger charge is -2.25. The second-order valence-electron chi connectivity index (χ2n) is 3.40. The Hall–Kier alpha value is -1.03. The number of rotatable bonds is 2. The van der Waals surface area contributed by atoms with Crippen molar-refractivity contribution in [2.75, 3.05) is 18.0 Å². The van der Waals surface area contributed by atoms with E-state index in [1.165, 1.54) is 19.3 Å². The van der Waals surface area contributed by atoms with Crippen molar-refractivity contribution in [3.8, 4) is 0 Å². The van der Waals surface area contributed by atoms with Crippen LogP contribution in [0.2, 0.25) is 0 Å². The van der Waals surface area contributed by atoms with E-state index in [9.17, 15) is 0 Å². The molecule has 0 aromatic carbocycles. The summed E-state index contributed by atoms with van der Waals surface area (Å²) in [7, 11) is 0. The maximum Gasteiger partial charge on any atom is 0.172 e.